The van der Waals surface area contributed by atoms with Gasteiger partial charge in [0.25, 0.3) is 5.56 Å². The van der Waals surface area contributed by atoms with Crippen LogP contribution in [0.15, 0.2) is 29.1 Å². The molecule has 1 aromatic heterocycles. The van der Waals surface area contributed by atoms with Gasteiger partial charge in [0.05, 0.1) is 17.6 Å². The van der Waals surface area contributed by atoms with Crippen molar-refractivity contribution in [2.45, 2.75) is 32.9 Å². The molecular formula is C15H19N3O. The highest BCUT2D eigenvalue weighted by Crippen LogP contribution is 2.12. The van der Waals surface area contributed by atoms with E-state index in [9.17, 15) is 4.79 Å². The molecule has 1 aliphatic heterocycles. The molecule has 0 spiro atoms. The Morgan fingerprint density at radius 2 is 1.95 bits per heavy atom. The highest BCUT2D eigenvalue weighted by molar-refractivity contribution is 5.77. The molecule has 1 aliphatic rings. The minimum absolute atomic E-state index is 0.0920. The number of aromatic nitrogens is 2. The van der Waals surface area contributed by atoms with E-state index in [4.69, 9.17) is 0 Å². The van der Waals surface area contributed by atoms with Crippen LogP contribution in [0.1, 0.15) is 25.6 Å². The summed E-state index contributed by atoms with van der Waals surface area (Å²) in [5.74, 6) is 0.885. The van der Waals surface area contributed by atoms with E-state index >= 15 is 0 Å². The molecule has 2 heterocycles. The summed E-state index contributed by atoms with van der Waals surface area (Å²) in [6.07, 6.45) is 3.25. The summed E-state index contributed by atoms with van der Waals surface area (Å²) in [5, 5.41) is 0.721. The fourth-order valence-corrected chi connectivity index (χ4v) is 2.75. The maximum atomic E-state index is 12.6. The summed E-state index contributed by atoms with van der Waals surface area (Å²) in [6, 6.07) is 7.61. The molecule has 100 valence electrons. The summed E-state index contributed by atoms with van der Waals surface area (Å²) in [5.41, 5.74) is 0.899. The summed E-state index contributed by atoms with van der Waals surface area (Å²) >= 11 is 0. The zero-order valence-corrected chi connectivity index (χ0v) is 11.3. The third-order valence-electron chi connectivity index (χ3n) is 3.80. The van der Waals surface area contributed by atoms with Gasteiger partial charge in [-0.05, 0) is 38.1 Å². The van der Waals surface area contributed by atoms with Crippen LogP contribution in [-0.2, 0) is 13.1 Å². The molecule has 1 fully saturated rings. The summed E-state index contributed by atoms with van der Waals surface area (Å²) < 4.78 is 1.84. The van der Waals surface area contributed by atoms with E-state index in [1.165, 1.54) is 12.8 Å². The zero-order valence-electron chi connectivity index (χ0n) is 11.3. The van der Waals surface area contributed by atoms with Crippen LogP contribution < -0.4 is 5.56 Å². The van der Waals surface area contributed by atoms with Gasteiger partial charge in [0, 0.05) is 6.42 Å². The molecule has 0 saturated carbocycles. The molecule has 0 aliphatic carbocycles. The number of benzene rings is 1. The monoisotopic (exact) mass is 257 g/mol. The maximum Gasteiger partial charge on any atom is 0.262 e. The number of likely N-dealkylation sites (tertiary alicyclic amines) is 1. The second-order valence-electron chi connectivity index (χ2n) is 5.10. The van der Waals surface area contributed by atoms with Crippen molar-refractivity contribution in [3.05, 3.63) is 40.4 Å². The van der Waals surface area contributed by atoms with E-state index in [1.54, 1.807) is 0 Å². The van der Waals surface area contributed by atoms with Gasteiger partial charge in [-0.15, -0.1) is 0 Å². The van der Waals surface area contributed by atoms with Crippen molar-refractivity contribution in [2.75, 3.05) is 13.1 Å². The Bertz CT molecular complexity index is 641. The van der Waals surface area contributed by atoms with Crippen LogP contribution in [0.3, 0.4) is 0 Å². The van der Waals surface area contributed by atoms with Crippen molar-refractivity contribution in [3.63, 3.8) is 0 Å². The molecule has 0 radical (unpaired) electrons. The fraction of sp³-hybridized carbons (Fsp3) is 0.467. The Labute approximate surface area is 112 Å². The van der Waals surface area contributed by atoms with E-state index in [-0.39, 0.29) is 5.56 Å². The van der Waals surface area contributed by atoms with E-state index in [1.807, 2.05) is 28.8 Å². The number of nitrogens with zero attached hydrogens (tertiary/aromatic N) is 3. The highest BCUT2D eigenvalue weighted by atomic mass is 16.1. The predicted molar refractivity (Wildman–Crippen MR) is 76.2 cm³/mol. The fourth-order valence-electron chi connectivity index (χ4n) is 2.75. The van der Waals surface area contributed by atoms with Crippen LogP contribution in [0.2, 0.25) is 0 Å². The Hall–Kier alpha value is -1.68. The van der Waals surface area contributed by atoms with Gasteiger partial charge in [-0.25, -0.2) is 4.98 Å². The van der Waals surface area contributed by atoms with Crippen molar-refractivity contribution in [2.24, 2.45) is 0 Å². The van der Waals surface area contributed by atoms with Crippen LogP contribution >= 0.6 is 0 Å². The first-order valence-electron chi connectivity index (χ1n) is 7.00. The highest BCUT2D eigenvalue weighted by Gasteiger charge is 2.15. The van der Waals surface area contributed by atoms with Crippen LogP contribution in [0.4, 0.5) is 0 Å². The van der Waals surface area contributed by atoms with E-state index in [0.717, 1.165) is 36.2 Å². The van der Waals surface area contributed by atoms with E-state index in [2.05, 4.69) is 16.8 Å². The Morgan fingerprint density at radius 1 is 1.21 bits per heavy atom. The average molecular weight is 257 g/mol. The van der Waals surface area contributed by atoms with Gasteiger partial charge in [0.15, 0.2) is 0 Å². The third-order valence-corrected chi connectivity index (χ3v) is 3.80. The maximum absolute atomic E-state index is 12.6. The second kappa shape index (κ2) is 5.13. The minimum Gasteiger partial charge on any atom is -0.286 e. The predicted octanol–water partition coefficient (Wildman–Crippen LogP) is 2.01. The molecule has 0 atom stereocenters. The lowest BCUT2D eigenvalue weighted by atomic mass is 10.2. The molecule has 0 unspecified atom stereocenters. The van der Waals surface area contributed by atoms with Crippen LogP contribution in [0.25, 0.3) is 10.9 Å². The number of hydrogen-bond acceptors (Lipinski definition) is 3. The SMILES string of the molecule is CCc1nc2ccccc2c(=O)n1CN1CCCC1. The van der Waals surface area contributed by atoms with Crippen molar-refractivity contribution in [1.82, 2.24) is 14.5 Å². The Kier molecular flexibility index (Phi) is 3.34. The molecule has 1 saturated heterocycles. The zero-order chi connectivity index (χ0) is 13.2. The number of fused-ring (bicyclic) bond motifs is 1. The lowest BCUT2D eigenvalue weighted by Gasteiger charge is -2.19. The van der Waals surface area contributed by atoms with Crippen LogP contribution in [-0.4, -0.2) is 27.5 Å². The van der Waals surface area contributed by atoms with Gasteiger partial charge in [0.1, 0.15) is 5.82 Å². The summed E-state index contributed by atoms with van der Waals surface area (Å²) in [7, 11) is 0. The molecule has 4 heteroatoms. The second-order valence-corrected chi connectivity index (χ2v) is 5.10. The average Bonchev–Trinajstić information content (AvgIpc) is 2.95. The van der Waals surface area contributed by atoms with Gasteiger partial charge in [0.2, 0.25) is 0 Å². The van der Waals surface area contributed by atoms with Gasteiger partial charge in [-0.1, -0.05) is 19.1 Å². The first-order valence-corrected chi connectivity index (χ1v) is 7.00. The van der Waals surface area contributed by atoms with Crippen LogP contribution in [0, 0.1) is 0 Å². The molecular weight excluding hydrogens is 238 g/mol. The van der Waals surface area contributed by atoms with Gasteiger partial charge >= 0.3 is 0 Å². The first kappa shape index (κ1) is 12.4. The lowest BCUT2D eigenvalue weighted by molar-refractivity contribution is 0.261. The molecule has 3 rings (SSSR count). The van der Waals surface area contributed by atoms with Crippen molar-refractivity contribution in [1.29, 1.82) is 0 Å². The van der Waals surface area contributed by atoms with Gasteiger partial charge in [-0.3, -0.25) is 14.3 Å². The van der Waals surface area contributed by atoms with Crippen molar-refractivity contribution < 1.29 is 0 Å². The molecule has 0 bridgehead atoms. The normalized spacial score (nSPS) is 16.3. The molecule has 0 amide bonds. The molecule has 2 aromatic rings. The largest absolute Gasteiger partial charge is 0.286 e. The summed E-state index contributed by atoms with van der Waals surface area (Å²) in [6.45, 7) is 4.90. The molecule has 1 aromatic carbocycles. The number of para-hydroxylation sites is 1. The third kappa shape index (κ3) is 2.28. The first-order chi connectivity index (χ1) is 9.29. The Morgan fingerprint density at radius 3 is 2.68 bits per heavy atom. The van der Waals surface area contributed by atoms with E-state index in [0.29, 0.717) is 6.67 Å². The lowest BCUT2D eigenvalue weighted by Crippen LogP contribution is -2.33. The quantitative estimate of drug-likeness (QED) is 0.844. The van der Waals surface area contributed by atoms with Gasteiger partial charge in [-0.2, -0.15) is 0 Å². The van der Waals surface area contributed by atoms with Crippen molar-refractivity contribution in [3.8, 4) is 0 Å². The number of rotatable bonds is 3. The number of hydrogen-bond donors (Lipinski definition) is 0. The Balaban J connectivity index is 2.10. The smallest absolute Gasteiger partial charge is 0.262 e. The minimum atomic E-state index is 0.0920. The van der Waals surface area contributed by atoms with Crippen LogP contribution in [0.5, 0.6) is 0 Å². The topological polar surface area (TPSA) is 38.1 Å². The molecule has 0 N–H and O–H groups in total. The molecule has 4 nitrogen and oxygen atoms in total. The van der Waals surface area contributed by atoms with E-state index < -0.39 is 0 Å². The van der Waals surface area contributed by atoms with Crippen molar-refractivity contribution >= 4 is 10.9 Å². The number of aryl methyl sites for hydroxylation is 1. The van der Waals surface area contributed by atoms with Gasteiger partial charge < -0.3 is 0 Å². The summed E-state index contributed by atoms with van der Waals surface area (Å²) in [4.78, 5) is 19.6. The molecule has 19 heavy (non-hydrogen) atoms. The standard InChI is InChI=1S/C15H19N3O/c1-2-14-16-13-8-4-3-7-12(13)15(19)18(14)11-17-9-5-6-10-17/h3-4,7-8H,2,5-6,9-11H2,1H3.